The number of anilines is 1. The Morgan fingerprint density at radius 3 is 2.90 bits per heavy atom. The van der Waals surface area contributed by atoms with Crippen LogP contribution in [-0.2, 0) is 9.59 Å². The van der Waals surface area contributed by atoms with Crippen molar-refractivity contribution >= 4 is 33.6 Å². The van der Waals surface area contributed by atoms with E-state index in [0.717, 1.165) is 17.3 Å². The number of aromatic nitrogens is 1. The van der Waals surface area contributed by atoms with Crippen LogP contribution in [0.5, 0.6) is 0 Å². The monoisotopic (exact) mass is 354 g/mol. The van der Waals surface area contributed by atoms with Crippen molar-refractivity contribution < 1.29 is 9.59 Å². The van der Waals surface area contributed by atoms with Crippen LogP contribution in [0.1, 0.15) is 19.8 Å². The molecule has 3 N–H and O–H groups in total. The Bertz CT molecular complexity index is 518. The van der Waals surface area contributed by atoms with E-state index in [4.69, 9.17) is 5.73 Å². The van der Waals surface area contributed by atoms with Gasteiger partial charge >= 0.3 is 0 Å². The lowest BCUT2D eigenvalue weighted by atomic mass is 9.96. The van der Waals surface area contributed by atoms with Crippen LogP contribution in [0.15, 0.2) is 22.8 Å². The summed E-state index contributed by atoms with van der Waals surface area (Å²) < 4.78 is 0.854. The predicted molar refractivity (Wildman–Crippen MR) is 83.5 cm³/mol. The van der Waals surface area contributed by atoms with E-state index in [9.17, 15) is 9.59 Å². The van der Waals surface area contributed by atoms with Gasteiger partial charge in [0.05, 0.1) is 12.0 Å². The molecule has 1 aromatic heterocycles. The number of nitrogens with two attached hydrogens (primary N) is 1. The van der Waals surface area contributed by atoms with Crippen molar-refractivity contribution in [1.29, 1.82) is 0 Å². The first-order valence-corrected chi connectivity index (χ1v) is 7.73. The molecule has 21 heavy (non-hydrogen) atoms. The summed E-state index contributed by atoms with van der Waals surface area (Å²) in [4.78, 5) is 30.0. The van der Waals surface area contributed by atoms with Gasteiger partial charge in [0.15, 0.2) is 0 Å². The summed E-state index contributed by atoms with van der Waals surface area (Å²) in [5, 5.41) is 2.79. The normalized spacial score (nSPS) is 20.0. The number of carbonyl (C=O) groups is 2. The van der Waals surface area contributed by atoms with E-state index >= 15 is 0 Å². The molecule has 7 heteroatoms. The van der Waals surface area contributed by atoms with Gasteiger partial charge in [0.1, 0.15) is 5.82 Å². The lowest BCUT2D eigenvalue weighted by molar-refractivity contribution is -0.135. The van der Waals surface area contributed by atoms with E-state index in [1.807, 2.05) is 6.07 Å². The third-order valence-electron chi connectivity index (χ3n) is 3.47. The van der Waals surface area contributed by atoms with Gasteiger partial charge in [0.2, 0.25) is 11.8 Å². The molecule has 0 aliphatic carbocycles. The van der Waals surface area contributed by atoms with Gasteiger partial charge in [-0.3, -0.25) is 9.59 Å². The van der Waals surface area contributed by atoms with Crippen LogP contribution in [0.4, 0.5) is 5.82 Å². The summed E-state index contributed by atoms with van der Waals surface area (Å²) in [5.41, 5.74) is 5.62. The van der Waals surface area contributed by atoms with Crippen molar-refractivity contribution in [2.75, 3.05) is 18.4 Å². The van der Waals surface area contributed by atoms with E-state index in [2.05, 4.69) is 26.2 Å². The molecule has 1 saturated heterocycles. The molecule has 2 unspecified atom stereocenters. The minimum absolute atomic E-state index is 0.103. The van der Waals surface area contributed by atoms with Gasteiger partial charge in [0.25, 0.3) is 0 Å². The van der Waals surface area contributed by atoms with Crippen LogP contribution in [-0.4, -0.2) is 40.8 Å². The topological polar surface area (TPSA) is 88.3 Å². The fourth-order valence-corrected chi connectivity index (χ4v) is 2.59. The van der Waals surface area contributed by atoms with Crippen molar-refractivity contribution in [2.45, 2.75) is 25.8 Å². The molecule has 114 valence electrons. The lowest BCUT2D eigenvalue weighted by Gasteiger charge is -2.33. The average molecular weight is 355 g/mol. The Balaban J connectivity index is 1.96. The minimum atomic E-state index is -0.528. The summed E-state index contributed by atoms with van der Waals surface area (Å²) in [7, 11) is 0. The van der Waals surface area contributed by atoms with Crippen LogP contribution in [0.3, 0.4) is 0 Å². The van der Waals surface area contributed by atoms with Crippen LogP contribution in [0, 0.1) is 5.92 Å². The molecule has 2 rings (SSSR count). The first-order chi connectivity index (χ1) is 9.97. The third kappa shape index (κ3) is 4.25. The van der Waals surface area contributed by atoms with Crippen molar-refractivity contribution in [1.82, 2.24) is 9.88 Å². The number of carbonyl (C=O) groups excluding carboxylic acids is 2. The molecular formula is C14H19BrN4O2. The highest BCUT2D eigenvalue weighted by atomic mass is 79.9. The second-order valence-corrected chi connectivity index (χ2v) is 6.18. The molecule has 1 fully saturated rings. The summed E-state index contributed by atoms with van der Waals surface area (Å²) in [6, 6.07) is 3.02. The number of hydrogen-bond acceptors (Lipinski definition) is 4. The quantitative estimate of drug-likeness (QED) is 0.857. The van der Waals surface area contributed by atoms with Crippen molar-refractivity contribution in [2.24, 2.45) is 11.7 Å². The number of likely N-dealkylation sites (tertiary alicyclic amines) is 1. The number of nitrogens with one attached hydrogen (secondary N) is 1. The zero-order valence-electron chi connectivity index (χ0n) is 11.9. The summed E-state index contributed by atoms with van der Waals surface area (Å²) in [6.07, 6.45) is 3.21. The Morgan fingerprint density at radius 2 is 2.29 bits per heavy atom. The van der Waals surface area contributed by atoms with Crippen molar-refractivity contribution in [3.8, 4) is 0 Å². The molecule has 1 aliphatic rings. The van der Waals surface area contributed by atoms with Gasteiger partial charge in [-0.05, 0) is 47.8 Å². The maximum Gasteiger partial charge on any atom is 0.239 e. The van der Waals surface area contributed by atoms with Gasteiger partial charge in [-0.25, -0.2) is 4.98 Å². The largest absolute Gasteiger partial charge is 0.341 e. The number of pyridine rings is 1. The van der Waals surface area contributed by atoms with Gasteiger partial charge in [-0.15, -0.1) is 0 Å². The molecule has 6 nitrogen and oxygen atoms in total. The molecular weight excluding hydrogens is 336 g/mol. The number of piperidine rings is 1. The van der Waals surface area contributed by atoms with E-state index in [-0.39, 0.29) is 17.7 Å². The van der Waals surface area contributed by atoms with Gasteiger partial charge < -0.3 is 16.0 Å². The van der Waals surface area contributed by atoms with Crippen LogP contribution < -0.4 is 11.1 Å². The van der Waals surface area contributed by atoms with Crippen LogP contribution in [0.2, 0.25) is 0 Å². The second kappa shape index (κ2) is 7.00. The van der Waals surface area contributed by atoms with Gasteiger partial charge in [0, 0.05) is 23.8 Å². The zero-order chi connectivity index (χ0) is 15.4. The predicted octanol–water partition coefficient (Wildman–Crippen LogP) is 1.37. The van der Waals surface area contributed by atoms with Crippen LogP contribution >= 0.6 is 15.9 Å². The average Bonchev–Trinajstić information content (AvgIpc) is 2.48. The fraction of sp³-hybridized carbons (Fsp3) is 0.500. The van der Waals surface area contributed by atoms with Gasteiger partial charge in [-0.2, -0.15) is 0 Å². The Labute approximate surface area is 132 Å². The molecule has 0 saturated carbocycles. The highest BCUT2D eigenvalue weighted by Gasteiger charge is 2.29. The second-order valence-electron chi connectivity index (χ2n) is 5.26. The summed E-state index contributed by atoms with van der Waals surface area (Å²) in [5.74, 6) is 0.0898. The lowest BCUT2D eigenvalue weighted by Crippen LogP contribution is -2.48. The van der Waals surface area contributed by atoms with E-state index in [1.54, 1.807) is 24.1 Å². The molecule has 0 aromatic carbocycles. The Morgan fingerprint density at radius 1 is 1.52 bits per heavy atom. The van der Waals surface area contributed by atoms with E-state index in [1.165, 1.54) is 0 Å². The fourth-order valence-electron chi connectivity index (χ4n) is 2.36. The maximum atomic E-state index is 12.3. The SMILES string of the molecule is CC(N)C(=O)N1CCCC(C(=O)Nc2ccc(Br)cn2)C1. The zero-order valence-corrected chi connectivity index (χ0v) is 13.5. The molecule has 0 spiro atoms. The molecule has 0 bridgehead atoms. The van der Waals surface area contributed by atoms with Crippen LogP contribution in [0.25, 0.3) is 0 Å². The van der Waals surface area contributed by atoms with Crippen molar-refractivity contribution in [3.05, 3.63) is 22.8 Å². The minimum Gasteiger partial charge on any atom is -0.341 e. The number of amides is 2. The molecule has 1 aliphatic heterocycles. The highest BCUT2D eigenvalue weighted by Crippen LogP contribution is 2.19. The Kier molecular flexibility index (Phi) is 5.30. The number of halogens is 1. The smallest absolute Gasteiger partial charge is 0.239 e. The highest BCUT2D eigenvalue weighted by molar-refractivity contribution is 9.10. The maximum absolute atomic E-state index is 12.3. The van der Waals surface area contributed by atoms with E-state index < -0.39 is 6.04 Å². The first kappa shape index (κ1) is 15.9. The number of nitrogens with zero attached hydrogens (tertiary/aromatic N) is 2. The van der Waals surface area contributed by atoms with Crippen molar-refractivity contribution in [3.63, 3.8) is 0 Å². The summed E-state index contributed by atoms with van der Waals surface area (Å²) >= 11 is 3.29. The van der Waals surface area contributed by atoms with E-state index in [0.29, 0.717) is 18.9 Å². The molecule has 1 aromatic rings. The molecule has 2 atom stereocenters. The molecule has 0 radical (unpaired) electrons. The molecule has 2 amide bonds. The standard InChI is InChI=1S/C14H19BrN4O2/c1-9(16)14(21)19-6-2-3-10(8-19)13(20)18-12-5-4-11(15)7-17-12/h4-5,7,9-10H,2-3,6,8,16H2,1H3,(H,17,18,20). The number of hydrogen-bond donors (Lipinski definition) is 2. The number of rotatable bonds is 3. The Hall–Kier alpha value is -1.47. The first-order valence-electron chi connectivity index (χ1n) is 6.94. The summed E-state index contributed by atoms with van der Waals surface area (Å²) in [6.45, 7) is 2.75. The van der Waals surface area contributed by atoms with Gasteiger partial charge in [-0.1, -0.05) is 0 Å². The molecule has 2 heterocycles. The third-order valence-corrected chi connectivity index (χ3v) is 3.94.